The molecule has 57 heavy (non-hydrogen) atoms. The van der Waals surface area contributed by atoms with E-state index in [4.69, 9.17) is 23.7 Å². The average molecular weight is 804 g/mol. The van der Waals surface area contributed by atoms with E-state index in [0.717, 1.165) is 0 Å². The Morgan fingerprint density at radius 2 is 1.58 bits per heavy atom. The number of fused-ring (bicyclic) bond motifs is 3. The zero-order valence-electron chi connectivity index (χ0n) is 35.4. The lowest BCUT2D eigenvalue weighted by Crippen LogP contribution is -2.64. The normalized spacial score (nSPS) is 40.1. The number of esters is 1. The number of allylic oxidation sites excluding steroid dienone is 4. The summed E-state index contributed by atoms with van der Waals surface area (Å²) in [7, 11) is 4.61. The van der Waals surface area contributed by atoms with Gasteiger partial charge < -0.3 is 43.9 Å². The number of amides is 1. The topological polar surface area (TPSA) is 178 Å². The molecule has 0 aromatic carbocycles. The van der Waals surface area contributed by atoms with Gasteiger partial charge in [0.05, 0.1) is 30.5 Å². The minimum Gasteiger partial charge on any atom is -0.456 e. The van der Waals surface area contributed by atoms with Crippen LogP contribution in [0.15, 0.2) is 36.0 Å². The molecule has 4 aliphatic rings. The minimum absolute atomic E-state index is 0.0120. The Morgan fingerprint density at radius 3 is 2.23 bits per heavy atom. The lowest BCUT2D eigenvalue weighted by molar-refractivity contribution is -0.302. The molecule has 1 amide bonds. The summed E-state index contributed by atoms with van der Waals surface area (Å²) in [5, 5.41) is 34.1. The Bertz CT molecular complexity index is 1480. The van der Waals surface area contributed by atoms with Gasteiger partial charge in [0, 0.05) is 46.1 Å². The van der Waals surface area contributed by atoms with Gasteiger partial charge in [0.15, 0.2) is 5.78 Å². The number of rotatable bonds is 7. The number of ether oxygens (including phenoxy) is 5. The summed E-state index contributed by atoms with van der Waals surface area (Å²) in [4.78, 5) is 57.8. The lowest BCUT2D eigenvalue weighted by Gasteiger charge is -2.47. The van der Waals surface area contributed by atoms with Crippen molar-refractivity contribution in [3.63, 3.8) is 0 Å². The molecule has 14 atom stereocenters. The van der Waals surface area contributed by atoms with Crippen LogP contribution < -0.4 is 0 Å². The fourth-order valence-electron chi connectivity index (χ4n) is 9.44. The predicted molar refractivity (Wildman–Crippen MR) is 213 cm³/mol. The predicted octanol–water partition coefficient (Wildman–Crippen LogP) is 4.64. The third-order valence-electron chi connectivity index (χ3n) is 12.8. The molecule has 4 rings (SSSR count). The number of nitrogens with zero attached hydrogens (tertiary/aromatic N) is 1. The van der Waals surface area contributed by atoms with Crippen molar-refractivity contribution in [3.8, 4) is 0 Å². The molecule has 3 fully saturated rings. The van der Waals surface area contributed by atoms with Crippen molar-refractivity contribution in [1.29, 1.82) is 0 Å². The summed E-state index contributed by atoms with van der Waals surface area (Å²) in [6.45, 7) is 13.2. The first-order valence-corrected chi connectivity index (χ1v) is 20.9. The van der Waals surface area contributed by atoms with Gasteiger partial charge in [-0.15, -0.1) is 6.58 Å². The molecule has 322 valence electrons. The van der Waals surface area contributed by atoms with Gasteiger partial charge >= 0.3 is 5.97 Å². The highest BCUT2D eigenvalue weighted by atomic mass is 16.7. The van der Waals surface area contributed by atoms with E-state index in [1.54, 1.807) is 27.0 Å². The summed E-state index contributed by atoms with van der Waals surface area (Å²) in [5.74, 6) is -7.32. The number of carbonyl (C=O) groups is 4. The van der Waals surface area contributed by atoms with Crippen LogP contribution in [0.4, 0.5) is 0 Å². The fourth-order valence-corrected chi connectivity index (χ4v) is 9.44. The van der Waals surface area contributed by atoms with E-state index in [-0.39, 0.29) is 55.4 Å². The van der Waals surface area contributed by atoms with E-state index in [1.165, 1.54) is 19.1 Å². The Hall–Kier alpha value is -2.78. The van der Waals surface area contributed by atoms with E-state index in [0.29, 0.717) is 62.5 Å². The molecule has 1 aliphatic carbocycles. The lowest BCUT2D eigenvalue weighted by atomic mass is 9.81. The molecule has 13 heteroatoms. The van der Waals surface area contributed by atoms with Crippen molar-refractivity contribution < 1.29 is 58.2 Å². The van der Waals surface area contributed by atoms with Crippen molar-refractivity contribution in [1.82, 2.24) is 4.90 Å². The molecule has 1 saturated carbocycles. The second-order valence-corrected chi connectivity index (χ2v) is 17.3. The molecule has 13 unspecified atom stereocenters. The van der Waals surface area contributed by atoms with E-state index in [9.17, 15) is 34.5 Å². The monoisotopic (exact) mass is 803 g/mol. The van der Waals surface area contributed by atoms with Crippen LogP contribution >= 0.6 is 0 Å². The summed E-state index contributed by atoms with van der Waals surface area (Å²) < 4.78 is 29.8. The van der Waals surface area contributed by atoms with Gasteiger partial charge in [0.25, 0.3) is 11.7 Å². The Balaban J connectivity index is 1.78. The smallest absolute Gasteiger partial charge is 0.329 e. The van der Waals surface area contributed by atoms with Gasteiger partial charge in [-0.05, 0) is 100 Å². The Kier molecular flexibility index (Phi) is 17.2. The number of carbonyl (C=O) groups excluding carboxylic acids is 4. The van der Waals surface area contributed by atoms with Crippen molar-refractivity contribution in [3.05, 3.63) is 36.0 Å². The summed E-state index contributed by atoms with van der Waals surface area (Å²) in [6.07, 6.45) is 4.89. The van der Waals surface area contributed by atoms with Crippen LogP contribution in [0, 0.1) is 29.6 Å². The number of aliphatic hydroxyl groups excluding tert-OH is 2. The zero-order valence-corrected chi connectivity index (χ0v) is 35.4. The fraction of sp³-hybridized carbons (Fsp3) is 0.773. The maximum Gasteiger partial charge on any atom is 0.329 e. The van der Waals surface area contributed by atoms with Crippen LogP contribution in [0.5, 0.6) is 0 Å². The van der Waals surface area contributed by atoms with Gasteiger partial charge in [0.2, 0.25) is 5.79 Å². The van der Waals surface area contributed by atoms with Crippen LogP contribution in [-0.2, 0) is 42.9 Å². The van der Waals surface area contributed by atoms with Crippen molar-refractivity contribution in [2.24, 2.45) is 29.6 Å². The molecule has 0 aromatic heterocycles. The quantitative estimate of drug-likeness (QED) is 0.185. The van der Waals surface area contributed by atoms with E-state index >= 15 is 0 Å². The van der Waals surface area contributed by atoms with Gasteiger partial charge in [-0.2, -0.15) is 0 Å². The summed E-state index contributed by atoms with van der Waals surface area (Å²) in [5.41, 5.74) is 1.18. The van der Waals surface area contributed by atoms with Crippen molar-refractivity contribution in [2.45, 2.75) is 160 Å². The third kappa shape index (κ3) is 11.3. The molecular weight excluding hydrogens is 734 g/mol. The molecule has 0 spiro atoms. The van der Waals surface area contributed by atoms with E-state index in [1.807, 2.05) is 26.0 Å². The number of piperidine rings is 1. The molecule has 3 heterocycles. The molecule has 3 aliphatic heterocycles. The van der Waals surface area contributed by atoms with Crippen LogP contribution in [0.25, 0.3) is 0 Å². The maximum atomic E-state index is 14.3. The maximum absolute atomic E-state index is 14.3. The third-order valence-corrected chi connectivity index (χ3v) is 12.8. The number of cyclic esters (lactones) is 1. The second-order valence-electron chi connectivity index (χ2n) is 17.3. The van der Waals surface area contributed by atoms with E-state index in [2.05, 4.69) is 13.5 Å². The Morgan fingerprint density at radius 1 is 0.912 bits per heavy atom. The minimum atomic E-state index is -2.51. The zero-order chi connectivity index (χ0) is 42.2. The van der Waals surface area contributed by atoms with Gasteiger partial charge in [0.1, 0.15) is 18.2 Å². The number of Topliss-reactive ketones (excluding diaryl/α,β-unsaturated/α-hetero) is 2. The highest BCUT2D eigenvalue weighted by Gasteiger charge is 2.56. The molecule has 2 bridgehead atoms. The van der Waals surface area contributed by atoms with Crippen LogP contribution in [-0.4, -0.2) is 126 Å². The summed E-state index contributed by atoms with van der Waals surface area (Å²) in [6, 6.07) is -1.14. The van der Waals surface area contributed by atoms with Crippen molar-refractivity contribution >= 4 is 23.4 Å². The average Bonchev–Trinajstić information content (AvgIpc) is 3.18. The van der Waals surface area contributed by atoms with Crippen LogP contribution in [0.2, 0.25) is 0 Å². The standard InChI is InChI=1S/C44H69NO12/c1-10-13-31-19-25(2)18-26(3)20-37(54-8)40-38(55-9)22-28(5)44(52,57-40)41(49)42(50)45-17-12-11-14-32(45)43(51)56-39(29(6)34(47)24-35(31)48)27(4)21-30-15-16-33(46)36(23-30)53-7/h10,19,21,25-26,28-30,32-34,36-40,46-47,52H,1,11-18,20,22-24H2,2-9H3/t25?,26?,28?,29?,30?,32?,33?,34?,36?,37-,38?,39?,40?,44?/m0/s1. The molecular formula is C44H69NO12. The highest BCUT2D eigenvalue weighted by molar-refractivity contribution is 6.39. The number of ketones is 2. The van der Waals surface area contributed by atoms with Crippen molar-refractivity contribution in [2.75, 3.05) is 27.9 Å². The van der Waals surface area contributed by atoms with Gasteiger partial charge in [-0.25, -0.2) is 4.79 Å². The molecule has 0 radical (unpaired) electrons. The first-order valence-electron chi connectivity index (χ1n) is 20.9. The largest absolute Gasteiger partial charge is 0.456 e. The van der Waals surface area contributed by atoms with E-state index < -0.39 is 77.9 Å². The highest BCUT2D eigenvalue weighted by Crippen LogP contribution is 2.39. The molecule has 2 saturated heterocycles. The number of hydrogen-bond donors (Lipinski definition) is 3. The van der Waals surface area contributed by atoms with Crippen LogP contribution in [0.1, 0.15) is 105 Å². The number of methoxy groups -OCH3 is 3. The van der Waals surface area contributed by atoms with Gasteiger partial charge in [-0.1, -0.05) is 45.9 Å². The first-order chi connectivity index (χ1) is 27.0. The SMILES string of the molecule is C=CCC1=CC(C)CC(C)C[C@H](OC)C2OC(O)(C(=O)C(=O)N3CCCCC3C(=O)OC(C(C)=CC3CCC(O)C(OC)C3)C(C)C(O)CC1=O)C(C)CC2OC. The van der Waals surface area contributed by atoms with Gasteiger partial charge in [-0.3, -0.25) is 14.4 Å². The second kappa shape index (κ2) is 21.0. The van der Waals surface area contributed by atoms with Crippen LogP contribution in [0.3, 0.4) is 0 Å². The Labute approximate surface area is 339 Å². The molecule has 3 N–H and O–H groups in total. The number of aliphatic hydroxyl groups is 3. The summed E-state index contributed by atoms with van der Waals surface area (Å²) >= 11 is 0. The number of hydrogen-bond acceptors (Lipinski definition) is 12. The molecule has 13 nitrogen and oxygen atoms in total. The first kappa shape index (κ1) is 46.9. The molecule has 0 aromatic rings.